The fraction of sp³-hybridized carbons (Fsp3) is 0.0909. The first-order chi connectivity index (χ1) is 7.18. The predicted octanol–water partition coefficient (Wildman–Crippen LogP) is 1.23. The second kappa shape index (κ2) is 3.57. The van der Waals surface area contributed by atoms with Crippen molar-refractivity contribution in [2.75, 3.05) is 5.73 Å². The number of aromatic nitrogens is 2. The topological polar surface area (TPSA) is 60.9 Å². The van der Waals surface area contributed by atoms with Crippen LogP contribution in [0.1, 0.15) is 15.9 Å². The van der Waals surface area contributed by atoms with Crippen molar-refractivity contribution in [3.05, 3.63) is 47.8 Å². The van der Waals surface area contributed by atoms with Gasteiger partial charge in [0.2, 0.25) is 0 Å². The number of hydrogen-bond donors (Lipinski definition) is 1. The zero-order chi connectivity index (χ0) is 10.8. The van der Waals surface area contributed by atoms with Gasteiger partial charge in [-0.3, -0.25) is 9.48 Å². The van der Waals surface area contributed by atoms with Crippen LogP contribution < -0.4 is 5.73 Å². The highest BCUT2D eigenvalue weighted by molar-refractivity contribution is 6.11. The molecular weight excluding hydrogens is 190 g/mol. The third-order valence-corrected chi connectivity index (χ3v) is 2.17. The molecule has 0 aliphatic carbocycles. The minimum absolute atomic E-state index is 0.0961. The summed E-state index contributed by atoms with van der Waals surface area (Å²) >= 11 is 0. The summed E-state index contributed by atoms with van der Waals surface area (Å²) in [6.45, 7) is 0. The number of nitrogens with two attached hydrogens (primary N) is 1. The average Bonchev–Trinajstić information content (AvgIpc) is 2.65. The van der Waals surface area contributed by atoms with E-state index in [0.717, 1.165) is 0 Å². The fourth-order valence-corrected chi connectivity index (χ4v) is 1.40. The maximum Gasteiger partial charge on any atom is 0.198 e. The maximum atomic E-state index is 11.9. The second-order valence-corrected chi connectivity index (χ2v) is 3.32. The molecule has 0 bridgehead atoms. The Balaban J connectivity index is 2.41. The first kappa shape index (κ1) is 9.45. The van der Waals surface area contributed by atoms with Crippen LogP contribution in [0.3, 0.4) is 0 Å². The highest BCUT2D eigenvalue weighted by Crippen LogP contribution is 2.15. The van der Waals surface area contributed by atoms with Crippen LogP contribution in [0, 0.1) is 0 Å². The third kappa shape index (κ3) is 1.74. The van der Waals surface area contributed by atoms with Gasteiger partial charge < -0.3 is 5.73 Å². The van der Waals surface area contributed by atoms with Gasteiger partial charge in [0, 0.05) is 24.5 Å². The molecule has 4 nitrogen and oxygen atoms in total. The van der Waals surface area contributed by atoms with Crippen molar-refractivity contribution < 1.29 is 4.79 Å². The van der Waals surface area contributed by atoms with Crippen LogP contribution in [0.15, 0.2) is 36.7 Å². The van der Waals surface area contributed by atoms with Gasteiger partial charge in [0.15, 0.2) is 5.78 Å². The van der Waals surface area contributed by atoms with E-state index in [1.807, 2.05) is 0 Å². The standard InChI is InChI=1S/C11H11N3O/c1-14-7-8(6-13-14)11(15)9-4-2-3-5-10(9)12/h2-7H,12H2,1H3. The first-order valence-electron chi connectivity index (χ1n) is 4.56. The minimum Gasteiger partial charge on any atom is -0.398 e. The van der Waals surface area contributed by atoms with Gasteiger partial charge in [-0.2, -0.15) is 5.10 Å². The number of carbonyl (C=O) groups excluding carboxylic acids is 1. The van der Waals surface area contributed by atoms with E-state index in [-0.39, 0.29) is 5.78 Å². The lowest BCUT2D eigenvalue weighted by Gasteiger charge is -2.01. The van der Waals surface area contributed by atoms with E-state index >= 15 is 0 Å². The molecule has 2 rings (SSSR count). The minimum atomic E-state index is -0.0961. The third-order valence-electron chi connectivity index (χ3n) is 2.17. The van der Waals surface area contributed by atoms with Crippen molar-refractivity contribution in [2.24, 2.45) is 7.05 Å². The molecule has 0 spiro atoms. The lowest BCUT2D eigenvalue weighted by Crippen LogP contribution is -2.04. The van der Waals surface area contributed by atoms with Crippen molar-refractivity contribution in [2.45, 2.75) is 0 Å². The van der Waals surface area contributed by atoms with E-state index in [4.69, 9.17) is 5.73 Å². The Morgan fingerprint density at radius 2 is 2.13 bits per heavy atom. The molecule has 0 unspecified atom stereocenters. The van der Waals surface area contributed by atoms with E-state index in [1.165, 1.54) is 6.20 Å². The lowest BCUT2D eigenvalue weighted by atomic mass is 10.1. The van der Waals surface area contributed by atoms with Gasteiger partial charge in [-0.15, -0.1) is 0 Å². The summed E-state index contributed by atoms with van der Waals surface area (Å²) < 4.78 is 1.59. The molecule has 76 valence electrons. The van der Waals surface area contributed by atoms with Gasteiger partial charge in [-0.05, 0) is 12.1 Å². The number of rotatable bonds is 2. The summed E-state index contributed by atoms with van der Waals surface area (Å²) in [5.74, 6) is -0.0961. The molecule has 0 amide bonds. The molecule has 0 saturated carbocycles. The molecule has 0 aliphatic rings. The maximum absolute atomic E-state index is 11.9. The van der Waals surface area contributed by atoms with Gasteiger partial charge in [0.1, 0.15) is 0 Å². The molecular formula is C11H11N3O. The quantitative estimate of drug-likeness (QED) is 0.587. The van der Waals surface area contributed by atoms with E-state index < -0.39 is 0 Å². The fourth-order valence-electron chi connectivity index (χ4n) is 1.40. The number of carbonyl (C=O) groups is 1. The SMILES string of the molecule is Cn1cc(C(=O)c2ccccc2N)cn1. The van der Waals surface area contributed by atoms with Crippen molar-refractivity contribution in [1.82, 2.24) is 9.78 Å². The van der Waals surface area contributed by atoms with Crippen LogP contribution in [0.2, 0.25) is 0 Å². The molecule has 0 fully saturated rings. The number of ketones is 1. The van der Waals surface area contributed by atoms with Crippen LogP contribution >= 0.6 is 0 Å². The van der Waals surface area contributed by atoms with Gasteiger partial charge >= 0.3 is 0 Å². The summed E-state index contributed by atoms with van der Waals surface area (Å²) in [5.41, 5.74) is 7.28. The number of hydrogen-bond acceptors (Lipinski definition) is 3. The molecule has 4 heteroatoms. The van der Waals surface area contributed by atoms with Gasteiger partial charge in [0.05, 0.1) is 11.8 Å². The van der Waals surface area contributed by atoms with Crippen molar-refractivity contribution in [3.63, 3.8) is 0 Å². The number of nitrogen functional groups attached to an aromatic ring is 1. The lowest BCUT2D eigenvalue weighted by molar-refractivity contribution is 0.103. The monoisotopic (exact) mass is 201 g/mol. The number of nitrogens with zero attached hydrogens (tertiary/aromatic N) is 2. The number of para-hydroxylation sites is 1. The zero-order valence-electron chi connectivity index (χ0n) is 8.34. The number of anilines is 1. The normalized spacial score (nSPS) is 10.2. The van der Waals surface area contributed by atoms with E-state index in [0.29, 0.717) is 16.8 Å². The molecule has 0 saturated heterocycles. The largest absolute Gasteiger partial charge is 0.398 e. The molecule has 1 heterocycles. The van der Waals surface area contributed by atoms with Crippen LogP contribution in [0.5, 0.6) is 0 Å². The second-order valence-electron chi connectivity index (χ2n) is 3.32. The molecule has 1 aromatic carbocycles. The van der Waals surface area contributed by atoms with Crippen LogP contribution in [-0.4, -0.2) is 15.6 Å². The highest BCUT2D eigenvalue weighted by atomic mass is 16.1. The highest BCUT2D eigenvalue weighted by Gasteiger charge is 2.12. The summed E-state index contributed by atoms with van der Waals surface area (Å²) in [6, 6.07) is 7.02. The van der Waals surface area contributed by atoms with Crippen LogP contribution in [0.25, 0.3) is 0 Å². The molecule has 2 N–H and O–H groups in total. The molecule has 1 aromatic heterocycles. The molecule has 0 aliphatic heterocycles. The molecule has 15 heavy (non-hydrogen) atoms. The summed E-state index contributed by atoms with van der Waals surface area (Å²) in [4.78, 5) is 11.9. The Hall–Kier alpha value is -2.10. The van der Waals surface area contributed by atoms with E-state index in [9.17, 15) is 4.79 Å². The summed E-state index contributed by atoms with van der Waals surface area (Å²) in [5, 5.41) is 3.95. The molecule has 0 radical (unpaired) electrons. The zero-order valence-corrected chi connectivity index (χ0v) is 8.34. The first-order valence-corrected chi connectivity index (χ1v) is 4.56. The van der Waals surface area contributed by atoms with Crippen molar-refractivity contribution >= 4 is 11.5 Å². The van der Waals surface area contributed by atoms with Crippen LogP contribution in [0.4, 0.5) is 5.69 Å². The van der Waals surface area contributed by atoms with Gasteiger partial charge in [0.25, 0.3) is 0 Å². The Labute approximate surface area is 87.3 Å². The smallest absolute Gasteiger partial charge is 0.198 e. The molecule has 2 aromatic rings. The van der Waals surface area contributed by atoms with Crippen molar-refractivity contribution in [3.8, 4) is 0 Å². The average molecular weight is 201 g/mol. The van der Waals surface area contributed by atoms with Gasteiger partial charge in [-0.25, -0.2) is 0 Å². The molecule has 0 atom stereocenters. The van der Waals surface area contributed by atoms with E-state index in [2.05, 4.69) is 5.10 Å². The summed E-state index contributed by atoms with van der Waals surface area (Å²) in [7, 11) is 1.77. The number of aryl methyl sites for hydroxylation is 1. The van der Waals surface area contributed by atoms with Crippen molar-refractivity contribution in [1.29, 1.82) is 0 Å². The summed E-state index contributed by atoms with van der Waals surface area (Å²) in [6.07, 6.45) is 3.21. The predicted molar refractivity (Wildman–Crippen MR) is 57.5 cm³/mol. The van der Waals surface area contributed by atoms with Crippen LogP contribution in [-0.2, 0) is 7.05 Å². The number of benzene rings is 1. The Morgan fingerprint density at radius 3 is 2.73 bits per heavy atom. The Kier molecular flexibility index (Phi) is 2.25. The Bertz CT molecular complexity index is 502. The van der Waals surface area contributed by atoms with Gasteiger partial charge in [-0.1, -0.05) is 12.1 Å². The Morgan fingerprint density at radius 1 is 1.40 bits per heavy atom. The van der Waals surface area contributed by atoms with E-state index in [1.54, 1.807) is 42.2 Å².